The summed E-state index contributed by atoms with van der Waals surface area (Å²) < 4.78 is 30.4. The fourth-order valence-electron chi connectivity index (χ4n) is 16.2. The highest BCUT2D eigenvalue weighted by molar-refractivity contribution is 5.78. The normalized spacial score (nSPS) is 14.3. The number of hydrogen-bond donors (Lipinski definition) is 0. The van der Waals surface area contributed by atoms with E-state index in [4.69, 9.17) is 23.7 Å². The average Bonchev–Trinajstić information content (AvgIpc) is 0.845. The van der Waals surface area contributed by atoms with Crippen molar-refractivity contribution in [3.63, 3.8) is 0 Å². The molecule has 0 aromatic carbocycles. The van der Waals surface area contributed by atoms with Gasteiger partial charge in [-0.15, -0.1) is 0 Å². The zero-order valence-corrected chi connectivity index (χ0v) is 74.4. The Morgan fingerprint density at radius 1 is 0.282 bits per heavy atom. The lowest BCUT2D eigenvalue weighted by atomic mass is 9.89. The van der Waals surface area contributed by atoms with Gasteiger partial charge in [0.05, 0.1) is 0 Å². The SMILES string of the molecule is CCCCCCCC(CCCCCCC)CC(=O)CCCN(CCCC(=O)OCCN1CC(C)N(CCOC(=O)CCCN(CCCC(=O)OC(CCCCCCC)CCCCCCC)CCCC(=O)OC(CCCCCCC)CCCCCCC)CC1C)CCCC(=O)OC(CCCCCCC)CCCCCCC. The summed E-state index contributed by atoms with van der Waals surface area (Å²) in [5, 5.41) is 0. The molecule has 110 heavy (non-hydrogen) atoms. The van der Waals surface area contributed by atoms with Crippen LogP contribution in [-0.4, -0.2) is 164 Å². The van der Waals surface area contributed by atoms with Crippen LogP contribution in [-0.2, 0) is 52.5 Å². The molecule has 1 rings (SSSR count). The molecule has 648 valence electrons. The van der Waals surface area contributed by atoms with Gasteiger partial charge in [0.15, 0.2) is 0 Å². The molecule has 0 bridgehead atoms. The molecule has 2 unspecified atom stereocenters. The number of carbonyl (C=O) groups excluding carboxylic acids is 6. The van der Waals surface area contributed by atoms with Crippen molar-refractivity contribution in [2.45, 2.75) is 491 Å². The quantitative estimate of drug-likeness (QED) is 0.0321. The highest BCUT2D eigenvalue weighted by Crippen LogP contribution is 2.26. The van der Waals surface area contributed by atoms with E-state index in [-0.39, 0.29) is 60.2 Å². The third-order valence-corrected chi connectivity index (χ3v) is 23.4. The first-order valence-corrected chi connectivity index (χ1v) is 48.0. The molecule has 1 saturated heterocycles. The van der Waals surface area contributed by atoms with Crippen LogP contribution in [0.1, 0.15) is 461 Å². The van der Waals surface area contributed by atoms with E-state index in [0.29, 0.717) is 141 Å². The number of piperazine rings is 1. The lowest BCUT2D eigenvalue weighted by molar-refractivity contribution is -0.151. The minimum atomic E-state index is -0.207. The maximum absolute atomic E-state index is 13.7. The highest BCUT2D eigenvalue weighted by atomic mass is 16.6. The Balaban J connectivity index is 2.92. The Kier molecular flexibility index (Phi) is 73.5. The van der Waals surface area contributed by atoms with Gasteiger partial charge in [-0.2, -0.15) is 0 Å². The van der Waals surface area contributed by atoms with E-state index in [1.54, 1.807) is 0 Å². The average molecular weight is 1560 g/mol. The van der Waals surface area contributed by atoms with Crippen molar-refractivity contribution < 1.29 is 52.5 Å². The van der Waals surface area contributed by atoms with Crippen LogP contribution in [0.15, 0.2) is 0 Å². The molecule has 0 aliphatic carbocycles. The summed E-state index contributed by atoms with van der Waals surface area (Å²) in [6.07, 6.45) is 63.5. The van der Waals surface area contributed by atoms with Gasteiger partial charge in [0.2, 0.25) is 0 Å². The molecule has 0 radical (unpaired) electrons. The minimum absolute atomic E-state index is 0.00505. The number of rotatable bonds is 83. The fourth-order valence-corrected chi connectivity index (χ4v) is 16.2. The lowest BCUT2D eigenvalue weighted by Gasteiger charge is -2.44. The van der Waals surface area contributed by atoms with E-state index < -0.39 is 0 Å². The van der Waals surface area contributed by atoms with Crippen LogP contribution >= 0.6 is 0 Å². The monoisotopic (exact) mass is 1560 g/mol. The number of ketones is 1. The number of carbonyl (C=O) groups is 6. The predicted molar refractivity (Wildman–Crippen MR) is 462 cm³/mol. The molecule has 2 atom stereocenters. The second-order valence-electron chi connectivity index (χ2n) is 34.0. The number of Topliss-reactive ketones (excluding diaryl/α,β-unsaturated/α-hetero) is 1. The summed E-state index contributed by atoms with van der Waals surface area (Å²) in [7, 11) is 0. The van der Waals surface area contributed by atoms with Gasteiger partial charge in [-0.05, 0) is 175 Å². The maximum atomic E-state index is 13.7. The summed E-state index contributed by atoms with van der Waals surface area (Å²) in [6.45, 7) is 30.2. The van der Waals surface area contributed by atoms with E-state index in [0.717, 1.165) is 122 Å². The van der Waals surface area contributed by atoms with Crippen molar-refractivity contribution in [2.24, 2.45) is 5.92 Å². The zero-order valence-electron chi connectivity index (χ0n) is 74.4. The molecule has 1 fully saturated rings. The Labute approximate surface area is 680 Å². The Bertz CT molecular complexity index is 1810. The fraction of sp³-hybridized carbons (Fsp3) is 0.937. The summed E-state index contributed by atoms with van der Waals surface area (Å²) >= 11 is 0. The van der Waals surface area contributed by atoms with E-state index in [2.05, 4.69) is 88.8 Å². The maximum Gasteiger partial charge on any atom is 0.306 e. The van der Waals surface area contributed by atoms with Gasteiger partial charge in [-0.25, -0.2) is 0 Å². The molecule has 1 aliphatic rings. The molecule has 0 spiro atoms. The Hall–Kier alpha value is -3.14. The standard InChI is InChI=1S/C95H182N4O11/c1-11-19-27-35-43-57-86(58-44-36-28-20-12-2)81-87(100)59-51-71-96(74-54-68-93(103)108-88(60-45-37-29-21-13-3)61-46-38-30-22-14-4)72-52-66-91(101)106-79-77-98-82-85(10)99(83-84(98)9)78-80-107-92(102)67-53-73-97(75-55-69-94(104)109-89(62-47-39-31-23-15-5)63-48-40-32-24-16-6)76-56-70-95(105)110-90(64-49-41-33-25-17-7)65-50-42-34-26-18-8/h84-86,88-90H,11-83H2,1-10H3. The molecule has 1 aliphatic heterocycles. The number of unbranched alkanes of at least 4 members (excludes halogenated alkanes) is 32. The van der Waals surface area contributed by atoms with E-state index in [1.807, 2.05) is 0 Å². The summed E-state index contributed by atoms with van der Waals surface area (Å²) in [5.41, 5.74) is 0. The molecule has 15 heteroatoms. The van der Waals surface area contributed by atoms with Gasteiger partial charge in [-0.1, -0.05) is 287 Å². The topological polar surface area (TPSA) is 162 Å². The van der Waals surface area contributed by atoms with Crippen molar-refractivity contribution in [1.29, 1.82) is 0 Å². The lowest BCUT2D eigenvalue weighted by Crippen LogP contribution is -2.57. The van der Waals surface area contributed by atoms with Gasteiger partial charge in [0.1, 0.15) is 37.3 Å². The largest absolute Gasteiger partial charge is 0.464 e. The van der Waals surface area contributed by atoms with Crippen molar-refractivity contribution in [2.75, 3.05) is 78.7 Å². The van der Waals surface area contributed by atoms with E-state index in [9.17, 15) is 28.8 Å². The number of nitrogens with zero attached hydrogens (tertiary/aromatic N) is 4. The first kappa shape index (κ1) is 105. The van der Waals surface area contributed by atoms with Crippen LogP contribution in [0.2, 0.25) is 0 Å². The second-order valence-corrected chi connectivity index (χ2v) is 34.0. The number of hydrogen-bond acceptors (Lipinski definition) is 15. The Morgan fingerprint density at radius 2 is 0.500 bits per heavy atom. The van der Waals surface area contributed by atoms with Gasteiger partial charge < -0.3 is 33.5 Å². The van der Waals surface area contributed by atoms with Crippen molar-refractivity contribution in [3.05, 3.63) is 0 Å². The third-order valence-electron chi connectivity index (χ3n) is 23.4. The first-order chi connectivity index (χ1) is 53.6. The van der Waals surface area contributed by atoms with Crippen LogP contribution in [0.25, 0.3) is 0 Å². The van der Waals surface area contributed by atoms with Gasteiger partial charge in [0, 0.05) is 83.2 Å². The summed E-state index contributed by atoms with van der Waals surface area (Å²) in [6, 6.07) is 0.455. The molecule has 0 saturated carbocycles. The van der Waals surface area contributed by atoms with Crippen LogP contribution < -0.4 is 0 Å². The smallest absolute Gasteiger partial charge is 0.306 e. The van der Waals surface area contributed by atoms with E-state index in [1.165, 1.54) is 218 Å². The molecular formula is C95H182N4O11. The minimum Gasteiger partial charge on any atom is -0.464 e. The second kappa shape index (κ2) is 77.1. The summed E-state index contributed by atoms with van der Waals surface area (Å²) in [5.74, 6) is 0.145. The Morgan fingerprint density at radius 3 is 0.745 bits per heavy atom. The van der Waals surface area contributed by atoms with Crippen molar-refractivity contribution in [3.8, 4) is 0 Å². The molecule has 15 nitrogen and oxygen atoms in total. The third kappa shape index (κ3) is 64.1. The van der Waals surface area contributed by atoms with E-state index >= 15 is 0 Å². The zero-order chi connectivity index (χ0) is 80.4. The van der Waals surface area contributed by atoms with Crippen molar-refractivity contribution >= 4 is 35.6 Å². The van der Waals surface area contributed by atoms with Gasteiger partial charge in [0.25, 0.3) is 0 Å². The molecular weight excluding hydrogens is 1370 g/mol. The van der Waals surface area contributed by atoms with Gasteiger partial charge in [-0.3, -0.25) is 38.6 Å². The number of ether oxygens (including phenoxy) is 5. The molecule has 0 aromatic heterocycles. The first-order valence-electron chi connectivity index (χ1n) is 48.0. The number of esters is 5. The predicted octanol–water partition coefficient (Wildman–Crippen LogP) is 24.9. The highest BCUT2D eigenvalue weighted by Gasteiger charge is 2.30. The van der Waals surface area contributed by atoms with Crippen LogP contribution in [0.4, 0.5) is 0 Å². The van der Waals surface area contributed by atoms with Crippen molar-refractivity contribution in [1.82, 2.24) is 19.6 Å². The van der Waals surface area contributed by atoms with Crippen LogP contribution in [0, 0.1) is 5.92 Å². The van der Waals surface area contributed by atoms with Crippen LogP contribution in [0.3, 0.4) is 0 Å². The van der Waals surface area contributed by atoms with Crippen LogP contribution in [0.5, 0.6) is 0 Å². The van der Waals surface area contributed by atoms with Gasteiger partial charge >= 0.3 is 29.8 Å². The summed E-state index contributed by atoms with van der Waals surface area (Å²) in [4.78, 5) is 90.2. The molecule has 1 heterocycles. The molecule has 0 amide bonds. The molecule has 0 N–H and O–H groups in total. The molecule has 0 aromatic rings.